The molecular formula is C8H9F3O. The smallest absolute Gasteiger partial charge is 0.364 e. The minimum atomic E-state index is -4.19. The van der Waals surface area contributed by atoms with Crippen molar-refractivity contribution in [2.24, 2.45) is 11.8 Å². The number of ether oxygens (including phenoxy) is 1. The minimum Gasteiger partial charge on any atom is -0.364 e. The van der Waals surface area contributed by atoms with Gasteiger partial charge in [0.15, 0.2) is 0 Å². The fourth-order valence-corrected chi connectivity index (χ4v) is 1.60. The quantitative estimate of drug-likeness (QED) is 0.588. The molecule has 0 saturated heterocycles. The fourth-order valence-electron chi connectivity index (χ4n) is 1.60. The first-order valence-electron chi connectivity index (χ1n) is 3.93. The Hall–Kier alpha value is -0.510. The van der Waals surface area contributed by atoms with E-state index in [-0.39, 0.29) is 6.10 Å². The van der Waals surface area contributed by atoms with Crippen LogP contribution in [0, 0.1) is 11.8 Å². The molecule has 0 heterocycles. The molecule has 0 aromatic heterocycles. The fraction of sp³-hybridized carbons (Fsp3) is 0.750. The van der Waals surface area contributed by atoms with Crippen LogP contribution >= 0.6 is 0 Å². The lowest BCUT2D eigenvalue weighted by atomic mass is 10.3. The van der Waals surface area contributed by atoms with Crippen LogP contribution < -0.4 is 0 Å². The van der Waals surface area contributed by atoms with Crippen molar-refractivity contribution in [3.63, 3.8) is 0 Å². The summed E-state index contributed by atoms with van der Waals surface area (Å²) >= 11 is 0. The Labute approximate surface area is 68.2 Å². The van der Waals surface area contributed by atoms with E-state index in [1.807, 2.05) is 6.08 Å². The number of halogens is 3. The number of alkyl halides is 3. The molecular weight excluding hydrogens is 169 g/mol. The maximum atomic E-state index is 11.7. The van der Waals surface area contributed by atoms with Crippen LogP contribution in [0.15, 0.2) is 12.2 Å². The van der Waals surface area contributed by atoms with Crippen LogP contribution in [0.1, 0.15) is 6.42 Å². The van der Waals surface area contributed by atoms with E-state index in [4.69, 9.17) is 4.74 Å². The van der Waals surface area contributed by atoms with E-state index < -0.39 is 12.8 Å². The van der Waals surface area contributed by atoms with Crippen LogP contribution in [0.4, 0.5) is 13.2 Å². The van der Waals surface area contributed by atoms with E-state index in [9.17, 15) is 13.2 Å². The normalized spacial score (nSPS) is 38.4. The van der Waals surface area contributed by atoms with Gasteiger partial charge in [-0.2, -0.15) is 13.2 Å². The summed E-state index contributed by atoms with van der Waals surface area (Å²) in [4.78, 5) is 0. The number of rotatable bonds is 2. The summed E-state index contributed by atoms with van der Waals surface area (Å²) in [6, 6.07) is 0. The third-order valence-corrected chi connectivity index (χ3v) is 2.30. The first kappa shape index (κ1) is 8.10. The lowest BCUT2D eigenvalue weighted by Gasteiger charge is -2.12. The van der Waals surface area contributed by atoms with E-state index in [1.165, 1.54) is 0 Å². The molecule has 2 aliphatic carbocycles. The second-order valence-electron chi connectivity index (χ2n) is 3.34. The standard InChI is InChI=1S/C8H9F3O/c9-8(10,11)4-12-7-2-1-5-3-6(5)7/h1-2,5-7H,3-4H2/t5?,6?,7-/m1/s1. The maximum absolute atomic E-state index is 11.7. The zero-order chi connectivity index (χ0) is 8.77. The van der Waals surface area contributed by atoms with Crippen molar-refractivity contribution in [3.05, 3.63) is 12.2 Å². The van der Waals surface area contributed by atoms with E-state index in [2.05, 4.69) is 0 Å². The summed E-state index contributed by atoms with van der Waals surface area (Å²) < 4.78 is 39.8. The van der Waals surface area contributed by atoms with Crippen molar-refractivity contribution in [2.75, 3.05) is 6.61 Å². The largest absolute Gasteiger partial charge is 0.411 e. The highest BCUT2D eigenvalue weighted by molar-refractivity contribution is 5.17. The Kier molecular flexibility index (Phi) is 1.68. The number of fused-ring (bicyclic) bond motifs is 1. The topological polar surface area (TPSA) is 9.23 Å². The third kappa shape index (κ3) is 1.63. The molecule has 2 rings (SSSR count). The summed E-state index contributed by atoms with van der Waals surface area (Å²) in [6.07, 6.45) is 0.215. The van der Waals surface area contributed by atoms with Gasteiger partial charge in [-0.05, 0) is 18.3 Å². The van der Waals surface area contributed by atoms with Crippen molar-refractivity contribution in [1.29, 1.82) is 0 Å². The van der Waals surface area contributed by atoms with Gasteiger partial charge in [0.05, 0.1) is 6.10 Å². The third-order valence-electron chi connectivity index (χ3n) is 2.30. The lowest BCUT2D eigenvalue weighted by Crippen LogP contribution is -2.22. The maximum Gasteiger partial charge on any atom is 0.411 e. The molecule has 0 aromatic rings. The average Bonchev–Trinajstić information content (AvgIpc) is 2.60. The minimum absolute atomic E-state index is 0.281. The number of hydrogen-bond acceptors (Lipinski definition) is 1. The number of allylic oxidation sites excluding steroid dienone is 1. The first-order chi connectivity index (χ1) is 5.56. The molecule has 0 aromatic carbocycles. The predicted molar refractivity (Wildman–Crippen MR) is 36.5 cm³/mol. The molecule has 2 unspecified atom stereocenters. The molecule has 0 radical (unpaired) electrons. The van der Waals surface area contributed by atoms with Crippen LogP contribution in [-0.4, -0.2) is 18.9 Å². The van der Waals surface area contributed by atoms with Gasteiger partial charge >= 0.3 is 6.18 Å². The Balaban J connectivity index is 1.77. The van der Waals surface area contributed by atoms with E-state index in [1.54, 1.807) is 6.08 Å². The Morgan fingerprint density at radius 2 is 2.08 bits per heavy atom. The molecule has 0 aliphatic heterocycles. The molecule has 0 spiro atoms. The second kappa shape index (κ2) is 2.49. The summed E-state index contributed by atoms with van der Waals surface area (Å²) in [5, 5.41) is 0. The lowest BCUT2D eigenvalue weighted by molar-refractivity contribution is -0.182. The van der Waals surface area contributed by atoms with Crippen molar-refractivity contribution in [2.45, 2.75) is 18.7 Å². The zero-order valence-corrected chi connectivity index (χ0v) is 6.34. The van der Waals surface area contributed by atoms with Gasteiger partial charge in [-0.1, -0.05) is 12.2 Å². The second-order valence-corrected chi connectivity index (χ2v) is 3.34. The summed E-state index contributed by atoms with van der Waals surface area (Å²) in [7, 11) is 0. The van der Waals surface area contributed by atoms with E-state index in [0.717, 1.165) is 6.42 Å². The van der Waals surface area contributed by atoms with Gasteiger partial charge in [0.25, 0.3) is 0 Å². The van der Waals surface area contributed by atoms with Gasteiger partial charge in [-0.25, -0.2) is 0 Å². The molecule has 68 valence electrons. The van der Waals surface area contributed by atoms with Gasteiger partial charge in [-0.3, -0.25) is 0 Å². The van der Waals surface area contributed by atoms with Crippen LogP contribution in [0.5, 0.6) is 0 Å². The number of hydrogen-bond donors (Lipinski definition) is 0. The molecule has 3 atom stereocenters. The SMILES string of the molecule is FC(F)(F)CO[C@@H]1C=CC2CC21. The van der Waals surface area contributed by atoms with Crippen LogP contribution in [-0.2, 0) is 4.74 Å². The molecule has 1 saturated carbocycles. The molecule has 1 fully saturated rings. The molecule has 2 aliphatic rings. The molecule has 12 heavy (non-hydrogen) atoms. The van der Waals surface area contributed by atoms with Crippen molar-refractivity contribution < 1.29 is 17.9 Å². The van der Waals surface area contributed by atoms with Crippen molar-refractivity contribution in [3.8, 4) is 0 Å². The van der Waals surface area contributed by atoms with Gasteiger partial charge in [-0.15, -0.1) is 0 Å². The van der Waals surface area contributed by atoms with Gasteiger partial charge in [0.1, 0.15) is 6.61 Å². The van der Waals surface area contributed by atoms with Crippen molar-refractivity contribution in [1.82, 2.24) is 0 Å². The summed E-state index contributed by atoms with van der Waals surface area (Å²) in [6.45, 7) is -1.12. The van der Waals surface area contributed by atoms with Crippen LogP contribution in [0.3, 0.4) is 0 Å². The molecule has 4 heteroatoms. The Bertz CT molecular complexity index is 209. The molecule has 0 N–H and O–H groups in total. The predicted octanol–water partition coefficient (Wildman–Crippen LogP) is 2.14. The van der Waals surface area contributed by atoms with E-state index >= 15 is 0 Å². The Morgan fingerprint density at radius 1 is 1.33 bits per heavy atom. The zero-order valence-electron chi connectivity index (χ0n) is 6.34. The van der Waals surface area contributed by atoms with Gasteiger partial charge in [0.2, 0.25) is 0 Å². The summed E-state index contributed by atoms with van der Waals surface area (Å²) in [5.74, 6) is 0.843. The Morgan fingerprint density at radius 3 is 2.50 bits per heavy atom. The molecule has 0 amide bonds. The summed E-state index contributed by atoms with van der Waals surface area (Å²) in [5.41, 5.74) is 0. The molecule has 0 bridgehead atoms. The molecule has 1 nitrogen and oxygen atoms in total. The van der Waals surface area contributed by atoms with Crippen LogP contribution in [0.25, 0.3) is 0 Å². The highest BCUT2D eigenvalue weighted by Gasteiger charge is 2.46. The average molecular weight is 178 g/mol. The first-order valence-corrected chi connectivity index (χ1v) is 3.93. The van der Waals surface area contributed by atoms with E-state index in [0.29, 0.717) is 11.8 Å². The van der Waals surface area contributed by atoms with Crippen molar-refractivity contribution >= 4 is 0 Å². The highest BCUT2D eigenvalue weighted by Crippen LogP contribution is 2.48. The highest BCUT2D eigenvalue weighted by atomic mass is 19.4. The van der Waals surface area contributed by atoms with Gasteiger partial charge in [0, 0.05) is 0 Å². The van der Waals surface area contributed by atoms with Gasteiger partial charge < -0.3 is 4.74 Å². The van der Waals surface area contributed by atoms with Crippen LogP contribution in [0.2, 0.25) is 0 Å². The monoisotopic (exact) mass is 178 g/mol.